The molecule has 144 valence electrons. The summed E-state index contributed by atoms with van der Waals surface area (Å²) in [6, 6.07) is 23.4. The zero-order valence-corrected chi connectivity index (χ0v) is 16.4. The van der Waals surface area contributed by atoms with E-state index in [1.807, 2.05) is 61.5 Å². The van der Waals surface area contributed by atoms with Gasteiger partial charge >= 0.3 is 0 Å². The van der Waals surface area contributed by atoms with Crippen molar-refractivity contribution in [2.24, 2.45) is 0 Å². The Labute approximate surface area is 166 Å². The first-order valence-electron chi connectivity index (χ1n) is 9.65. The van der Waals surface area contributed by atoms with Crippen LogP contribution in [-0.2, 0) is 13.0 Å². The summed E-state index contributed by atoms with van der Waals surface area (Å²) >= 11 is 0. The maximum absolute atomic E-state index is 12.7. The zero-order chi connectivity index (χ0) is 19.8. The molecular weight excluding hydrogens is 348 g/mol. The van der Waals surface area contributed by atoms with E-state index in [9.17, 15) is 4.79 Å². The fourth-order valence-electron chi connectivity index (χ4n) is 3.07. The summed E-state index contributed by atoms with van der Waals surface area (Å²) in [5.74, 6) is 0.523. The number of rotatable bonds is 8. The average molecular weight is 374 g/mol. The Bertz CT molecular complexity index is 937. The molecule has 1 amide bonds. The van der Waals surface area contributed by atoms with Gasteiger partial charge in [0.25, 0.3) is 5.91 Å². The van der Waals surface area contributed by atoms with Crippen molar-refractivity contribution < 1.29 is 9.53 Å². The van der Waals surface area contributed by atoms with Crippen LogP contribution in [0.5, 0.6) is 5.75 Å². The van der Waals surface area contributed by atoms with Crippen molar-refractivity contribution in [3.05, 3.63) is 89.5 Å². The molecular formula is C24H26N2O2. The highest BCUT2D eigenvalue weighted by molar-refractivity contribution is 6.05. The van der Waals surface area contributed by atoms with E-state index in [0.717, 1.165) is 17.7 Å². The summed E-state index contributed by atoms with van der Waals surface area (Å²) < 4.78 is 5.58. The van der Waals surface area contributed by atoms with Gasteiger partial charge in [-0.15, -0.1) is 0 Å². The van der Waals surface area contributed by atoms with Gasteiger partial charge in [-0.2, -0.15) is 0 Å². The highest BCUT2D eigenvalue weighted by Crippen LogP contribution is 2.24. The number of para-hydroxylation sites is 3. The summed E-state index contributed by atoms with van der Waals surface area (Å²) in [6.45, 7) is 5.28. The number of nitrogens with one attached hydrogen (secondary N) is 2. The van der Waals surface area contributed by atoms with E-state index in [4.69, 9.17) is 4.74 Å². The van der Waals surface area contributed by atoms with Gasteiger partial charge in [-0.3, -0.25) is 4.79 Å². The van der Waals surface area contributed by atoms with Crippen LogP contribution in [0.3, 0.4) is 0 Å². The van der Waals surface area contributed by atoms with Crippen molar-refractivity contribution >= 4 is 17.3 Å². The number of amides is 1. The van der Waals surface area contributed by atoms with Gasteiger partial charge in [0.1, 0.15) is 5.75 Å². The van der Waals surface area contributed by atoms with Gasteiger partial charge in [0, 0.05) is 17.8 Å². The SMILES string of the molecule is CCOc1ccccc1NC(=O)c1cccc(CNc2ccccc2CC)c1. The second kappa shape index (κ2) is 9.60. The largest absolute Gasteiger partial charge is 0.492 e. The van der Waals surface area contributed by atoms with Crippen molar-refractivity contribution in [2.45, 2.75) is 26.8 Å². The average Bonchev–Trinajstić information content (AvgIpc) is 2.74. The van der Waals surface area contributed by atoms with Crippen LogP contribution in [0.25, 0.3) is 0 Å². The minimum atomic E-state index is -0.150. The van der Waals surface area contributed by atoms with Gasteiger partial charge in [0.05, 0.1) is 12.3 Å². The van der Waals surface area contributed by atoms with E-state index in [1.54, 1.807) is 0 Å². The predicted octanol–water partition coefficient (Wildman–Crippen LogP) is 5.51. The summed E-state index contributed by atoms with van der Waals surface area (Å²) in [5, 5.41) is 6.42. The summed E-state index contributed by atoms with van der Waals surface area (Å²) in [4.78, 5) is 12.7. The van der Waals surface area contributed by atoms with Gasteiger partial charge in [0.2, 0.25) is 0 Å². The molecule has 0 unspecified atom stereocenters. The van der Waals surface area contributed by atoms with Crippen LogP contribution in [0.4, 0.5) is 11.4 Å². The van der Waals surface area contributed by atoms with E-state index in [-0.39, 0.29) is 5.91 Å². The quantitative estimate of drug-likeness (QED) is 0.546. The van der Waals surface area contributed by atoms with E-state index in [2.05, 4.69) is 35.8 Å². The van der Waals surface area contributed by atoms with Gasteiger partial charge in [-0.05, 0) is 54.8 Å². The molecule has 0 atom stereocenters. The molecule has 0 aliphatic heterocycles. The molecule has 0 spiro atoms. The fraction of sp³-hybridized carbons (Fsp3) is 0.208. The van der Waals surface area contributed by atoms with Crippen molar-refractivity contribution in [2.75, 3.05) is 17.2 Å². The number of hydrogen-bond donors (Lipinski definition) is 2. The first-order valence-corrected chi connectivity index (χ1v) is 9.65. The lowest BCUT2D eigenvalue weighted by molar-refractivity contribution is 0.102. The maximum Gasteiger partial charge on any atom is 0.255 e. The first-order chi connectivity index (χ1) is 13.7. The molecule has 3 aromatic carbocycles. The lowest BCUT2D eigenvalue weighted by atomic mass is 10.1. The van der Waals surface area contributed by atoms with Crippen LogP contribution in [0.1, 0.15) is 35.3 Å². The molecule has 3 rings (SSSR count). The number of aryl methyl sites for hydroxylation is 1. The third-order valence-electron chi connectivity index (χ3n) is 4.51. The van der Waals surface area contributed by atoms with Crippen LogP contribution in [0.15, 0.2) is 72.8 Å². The summed E-state index contributed by atoms with van der Waals surface area (Å²) in [5.41, 5.74) is 4.76. The number of carbonyl (C=O) groups is 1. The Hall–Kier alpha value is -3.27. The molecule has 2 N–H and O–H groups in total. The Kier molecular flexibility index (Phi) is 6.68. The van der Waals surface area contributed by atoms with Crippen LogP contribution >= 0.6 is 0 Å². The lowest BCUT2D eigenvalue weighted by Gasteiger charge is -2.13. The van der Waals surface area contributed by atoms with Crippen LogP contribution in [0, 0.1) is 0 Å². The molecule has 3 aromatic rings. The maximum atomic E-state index is 12.7. The second-order valence-corrected chi connectivity index (χ2v) is 6.45. The number of anilines is 2. The van der Waals surface area contributed by atoms with E-state index in [0.29, 0.717) is 30.2 Å². The molecule has 0 saturated heterocycles. The molecule has 0 aliphatic carbocycles. The zero-order valence-electron chi connectivity index (χ0n) is 16.4. The van der Waals surface area contributed by atoms with Crippen LogP contribution in [0.2, 0.25) is 0 Å². The standard InChI is InChI=1S/C24H26N2O2/c1-3-19-11-5-6-13-21(19)25-17-18-10-9-12-20(16-18)24(27)26-22-14-7-8-15-23(22)28-4-2/h5-16,25H,3-4,17H2,1-2H3,(H,26,27). The van der Waals surface area contributed by atoms with Crippen molar-refractivity contribution in [3.8, 4) is 5.75 Å². The van der Waals surface area contributed by atoms with Crippen LogP contribution in [-0.4, -0.2) is 12.5 Å². The van der Waals surface area contributed by atoms with Crippen molar-refractivity contribution in [1.29, 1.82) is 0 Å². The minimum Gasteiger partial charge on any atom is -0.492 e. The number of ether oxygens (including phenoxy) is 1. The summed E-state index contributed by atoms with van der Waals surface area (Å²) in [7, 11) is 0. The monoisotopic (exact) mass is 374 g/mol. The van der Waals surface area contributed by atoms with E-state index < -0.39 is 0 Å². The van der Waals surface area contributed by atoms with E-state index >= 15 is 0 Å². The van der Waals surface area contributed by atoms with Crippen molar-refractivity contribution in [1.82, 2.24) is 0 Å². The number of carbonyl (C=O) groups excluding carboxylic acids is 1. The Morgan fingerprint density at radius 3 is 2.43 bits per heavy atom. The fourth-order valence-corrected chi connectivity index (χ4v) is 3.07. The van der Waals surface area contributed by atoms with Gasteiger partial charge in [-0.25, -0.2) is 0 Å². The molecule has 0 radical (unpaired) electrons. The van der Waals surface area contributed by atoms with Gasteiger partial charge < -0.3 is 15.4 Å². The predicted molar refractivity (Wildman–Crippen MR) is 115 cm³/mol. The Balaban J connectivity index is 1.70. The molecule has 0 aliphatic rings. The number of hydrogen-bond acceptors (Lipinski definition) is 3. The topological polar surface area (TPSA) is 50.4 Å². The molecule has 4 heteroatoms. The molecule has 0 fully saturated rings. The van der Waals surface area contributed by atoms with E-state index in [1.165, 1.54) is 5.56 Å². The van der Waals surface area contributed by atoms with Crippen LogP contribution < -0.4 is 15.4 Å². The van der Waals surface area contributed by atoms with Gasteiger partial charge in [-0.1, -0.05) is 49.4 Å². The molecule has 28 heavy (non-hydrogen) atoms. The molecule has 0 aromatic heterocycles. The third kappa shape index (κ3) is 4.92. The first kappa shape index (κ1) is 19.5. The second-order valence-electron chi connectivity index (χ2n) is 6.45. The molecule has 0 heterocycles. The summed E-state index contributed by atoms with van der Waals surface area (Å²) in [6.07, 6.45) is 0.977. The van der Waals surface area contributed by atoms with Gasteiger partial charge in [0.15, 0.2) is 0 Å². The molecule has 0 bridgehead atoms. The Morgan fingerprint density at radius 2 is 1.64 bits per heavy atom. The van der Waals surface area contributed by atoms with Crippen molar-refractivity contribution in [3.63, 3.8) is 0 Å². The third-order valence-corrected chi connectivity index (χ3v) is 4.51. The lowest BCUT2D eigenvalue weighted by Crippen LogP contribution is -2.13. The normalized spacial score (nSPS) is 10.4. The molecule has 0 saturated carbocycles. The highest BCUT2D eigenvalue weighted by atomic mass is 16.5. The Morgan fingerprint density at radius 1 is 0.893 bits per heavy atom. The molecule has 4 nitrogen and oxygen atoms in total. The smallest absolute Gasteiger partial charge is 0.255 e. The number of benzene rings is 3. The minimum absolute atomic E-state index is 0.150. The highest BCUT2D eigenvalue weighted by Gasteiger charge is 2.10.